The van der Waals surface area contributed by atoms with Gasteiger partial charge < -0.3 is 4.74 Å². The van der Waals surface area contributed by atoms with E-state index in [1.807, 2.05) is 0 Å². The van der Waals surface area contributed by atoms with Crippen molar-refractivity contribution in [2.24, 2.45) is 5.11 Å². The van der Waals surface area contributed by atoms with E-state index in [2.05, 4.69) is 10.0 Å². The van der Waals surface area contributed by atoms with E-state index in [1.165, 1.54) is 13.2 Å². The highest BCUT2D eigenvalue weighted by molar-refractivity contribution is 5.38. The van der Waals surface area contributed by atoms with Crippen molar-refractivity contribution < 1.29 is 9.13 Å². The van der Waals surface area contributed by atoms with Gasteiger partial charge in [0.05, 0.1) is 7.11 Å². The second kappa shape index (κ2) is 5.22. The average Bonchev–Trinajstić information content (AvgIpc) is 2.23. The summed E-state index contributed by atoms with van der Waals surface area (Å²) in [5.41, 5.74) is 9.38. The average molecular weight is 209 g/mol. The molecule has 1 aromatic carbocycles. The second-order valence-corrected chi connectivity index (χ2v) is 3.12. The molecular formula is C10H12FN3O. The zero-order valence-electron chi connectivity index (χ0n) is 8.70. The minimum Gasteiger partial charge on any atom is -0.496 e. The number of ether oxygens (including phenoxy) is 1. The Balaban J connectivity index is 2.94. The van der Waals surface area contributed by atoms with E-state index in [-0.39, 0.29) is 5.82 Å². The number of azide groups is 1. The Labute approximate surface area is 87.3 Å². The molecule has 0 saturated heterocycles. The lowest BCUT2D eigenvalue weighted by molar-refractivity contribution is 0.408. The second-order valence-electron chi connectivity index (χ2n) is 3.12. The van der Waals surface area contributed by atoms with E-state index >= 15 is 0 Å². The van der Waals surface area contributed by atoms with Gasteiger partial charge in [-0.3, -0.25) is 0 Å². The van der Waals surface area contributed by atoms with Crippen molar-refractivity contribution in [2.45, 2.75) is 13.3 Å². The molecule has 0 radical (unpaired) electrons. The van der Waals surface area contributed by atoms with E-state index in [0.29, 0.717) is 29.8 Å². The van der Waals surface area contributed by atoms with Gasteiger partial charge >= 0.3 is 0 Å². The molecule has 0 aliphatic rings. The molecule has 0 amide bonds. The van der Waals surface area contributed by atoms with E-state index in [4.69, 9.17) is 10.3 Å². The Morgan fingerprint density at radius 3 is 2.87 bits per heavy atom. The smallest absolute Gasteiger partial charge is 0.126 e. The van der Waals surface area contributed by atoms with Gasteiger partial charge in [-0.1, -0.05) is 5.11 Å². The first-order valence-electron chi connectivity index (χ1n) is 4.53. The van der Waals surface area contributed by atoms with Gasteiger partial charge in [0.2, 0.25) is 0 Å². The lowest BCUT2D eigenvalue weighted by Gasteiger charge is -2.08. The molecule has 0 fully saturated rings. The van der Waals surface area contributed by atoms with Crippen LogP contribution in [0.4, 0.5) is 4.39 Å². The SMILES string of the molecule is COc1cc(C)c(F)cc1CCN=[N+]=[N-]. The van der Waals surface area contributed by atoms with Crippen LogP contribution < -0.4 is 4.74 Å². The molecule has 0 atom stereocenters. The highest BCUT2D eigenvalue weighted by Gasteiger charge is 2.07. The molecule has 0 bridgehead atoms. The molecule has 0 saturated carbocycles. The highest BCUT2D eigenvalue weighted by Crippen LogP contribution is 2.22. The number of halogens is 1. The molecule has 15 heavy (non-hydrogen) atoms. The van der Waals surface area contributed by atoms with E-state index in [1.54, 1.807) is 13.0 Å². The van der Waals surface area contributed by atoms with Gasteiger partial charge in [0.1, 0.15) is 11.6 Å². The molecule has 0 N–H and O–H groups in total. The molecule has 4 nitrogen and oxygen atoms in total. The molecule has 0 aliphatic heterocycles. The number of hydrogen-bond donors (Lipinski definition) is 0. The van der Waals surface area contributed by atoms with Crippen molar-refractivity contribution in [3.63, 3.8) is 0 Å². The molecule has 80 valence electrons. The molecule has 1 aromatic rings. The summed E-state index contributed by atoms with van der Waals surface area (Å²) in [6.45, 7) is 1.98. The standard InChI is InChI=1S/C10H12FN3O/c1-7-5-10(15-2)8(6-9(7)11)3-4-13-14-12/h5-6H,3-4H2,1-2H3. The Kier molecular flexibility index (Phi) is 3.94. The monoisotopic (exact) mass is 209 g/mol. The Bertz CT molecular complexity index is 400. The number of nitrogens with zero attached hydrogens (tertiary/aromatic N) is 3. The predicted molar refractivity (Wildman–Crippen MR) is 55.4 cm³/mol. The minimum atomic E-state index is -0.272. The maximum Gasteiger partial charge on any atom is 0.126 e. The van der Waals surface area contributed by atoms with Crippen molar-refractivity contribution in [3.8, 4) is 5.75 Å². The van der Waals surface area contributed by atoms with Crippen LogP contribution in [0, 0.1) is 12.7 Å². The van der Waals surface area contributed by atoms with Crippen molar-refractivity contribution in [2.75, 3.05) is 13.7 Å². The third-order valence-corrected chi connectivity index (χ3v) is 2.11. The van der Waals surface area contributed by atoms with Gasteiger partial charge in [-0.2, -0.15) is 0 Å². The van der Waals surface area contributed by atoms with Crippen molar-refractivity contribution >= 4 is 0 Å². The Hall–Kier alpha value is -1.74. The van der Waals surface area contributed by atoms with Crippen LogP contribution in [0.5, 0.6) is 5.75 Å². The molecule has 5 heteroatoms. The van der Waals surface area contributed by atoms with E-state index in [9.17, 15) is 4.39 Å². The lowest BCUT2D eigenvalue weighted by Crippen LogP contribution is -1.97. The molecule has 0 unspecified atom stereocenters. The van der Waals surface area contributed by atoms with Crippen molar-refractivity contribution in [3.05, 3.63) is 39.5 Å². The fourth-order valence-electron chi connectivity index (χ4n) is 1.30. The summed E-state index contributed by atoms with van der Waals surface area (Å²) in [6, 6.07) is 3.06. The van der Waals surface area contributed by atoms with Crippen LogP contribution in [0.3, 0.4) is 0 Å². The first-order chi connectivity index (χ1) is 7.19. The van der Waals surface area contributed by atoms with Crippen LogP contribution >= 0.6 is 0 Å². The fourth-order valence-corrected chi connectivity index (χ4v) is 1.30. The van der Waals surface area contributed by atoms with Crippen LogP contribution in [-0.4, -0.2) is 13.7 Å². The number of benzene rings is 1. The largest absolute Gasteiger partial charge is 0.496 e. The number of hydrogen-bond acceptors (Lipinski definition) is 2. The first kappa shape index (κ1) is 11.3. The summed E-state index contributed by atoms with van der Waals surface area (Å²) >= 11 is 0. The molecule has 0 aromatic heterocycles. The maximum atomic E-state index is 13.2. The first-order valence-corrected chi connectivity index (χ1v) is 4.53. The number of aryl methyl sites for hydroxylation is 1. The molecule has 0 aliphatic carbocycles. The summed E-state index contributed by atoms with van der Waals surface area (Å²) in [6.07, 6.45) is 0.477. The van der Waals surface area contributed by atoms with Gasteiger partial charge in [-0.15, -0.1) is 0 Å². The summed E-state index contributed by atoms with van der Waals surface area (Å²) in [5.74, 6) is 0.355. The molecule has 0 heterocycles. The predicted octanol–water partition coefficient (Wildman–Crippen LogP) is 3.00. The summed E-state index contributed by atoms with van der Waals surface area (Å²) in [4.78, 5) is 2.64. The quantitative estimate of drug-likeness (QED) is 0.427. The van der Waals surface area contributed by atoms with Crippen LogP contribution in [0.15, 0.2) is 17.2 Å². The van der Waals surface area contributed by atoms with Gasteiger partial charge in [-0.05, 0) is 42.1 Å². The molecule has 0 spiro atoms. The topological polar surface area (TPSA) is 58.0 Å². The lowest BCUT2D eigenvalue weighted by atomic mass is 10.1. The van der Waals surface area contributed by atoms with Crippen LogP contribution in [0.25, 0.3) is 10.4 Å². The van der Waals surface area contributed by atoms with Crippen LogP contribution in [0.1, 0.15) is 11.1 Å². The third kappa shape index (κ3) is 2.86. The van der Waals surface area contributed by atoms with Gasteiger partial charge in [-0.25, -0.2) is 4.39 Å². The molecule has 1 rings (SSSR count). The third-order valence-electron chi connectivity index (χ3n) is 2.11. The van der Waals surface area contributed by atoms with Crippen LogP contribution in [0.2, 0.25) is 0 Å². The normalized spacial score (nSPS) is 9.53. The zero-order valence-corrected chi connectivity index (χ0v) is 8.70. The fraction of sp³-hybridized carbons (Fsp3) is 0.400. The Morgan fingerprint density at radius 1 is 1.53 bits per heavy atom. The molecular weight excluding hydrogens is 197 g/mol. The summed E-state index contributed by atoms with van der Waals surface area (Å²) in [5, 5.41) is 3.40. The number of rotatable bonds is 4. The van der Waals surface area contributed by atoms with E-state index in [0.717, 1.165) is 0 Å². The van der Waals surface area contributed by atoms with Crippen molar-refractivity contribution in [1.29, 1.82) is 0 Å². The zero-order chi connectivity index (χ0) is 11.3. The van der Waals surface area contributed by atoms with Gasteiger partial charge in [0, 0.05) is 11.5 Å². The minimum absolute atomic E-state index is 0.272. The maximum absolute atomic E-state index is 13.2. The highest BCUT2D eigenvalue weighted by atomic mass is 19.1. The summed E-state index contributed by atoms with van der Waals surface area (Å²) < 4.78 is 18.4. The summed E-state index contributed by atoms with van der Waals surface area (Å²) in [7, 11) is 1.53. The van der Waals surface area contributed by atoms with Gasteiger partial charge in [0.15, 0.2) is 0 Å². The number of methoxy groups -OCH3 is 1. The van der Waals surface area contributed by atoms with Crippen LogP contribution in [-0.2, 0) is 6.42 Å². The van der Waals surface area contributed by atoms with Gasteiger partial charge in [0.25, 0.3) is 0 Å². The van der Waals surface area contributed by atoms with Crippen molar-refractivity contribution in [1.82, 2.24) is 0 Å². The Morgan fingerprint density at radius 2 is 2.27 bits per heavy atom. The van der Waals surface area contributed by atoms with E-state index < -0.39 is 0 Å².